The third kappa shape index (κ3) is 3.82. The van der Waals surface area contributed by atoms with E-state index in [2.05, 4.69) is 10.5 Å². The summed E-state index contributed by atoms with van der Waals surface area (Å²) in [6, 6.07) is 8.89. The molecule has 2 aromatic rings. The number of nitrogens with two attached hydrogens (primary N) is 1. The number of ether oxygens (including phenoxy) is 1. The molecule has 0 aliphatic rings. The van der Waals surface area contributed by atoms with Gasteiger partial charge in [-0.3, -0.25) is 10.1 Å². The number of carbonyl (C=O) groups excluding carboxylic acids is 1. The lowest BCUT2D eigenvalue weighted by atomic mass is 10.2. The molecule has 1 heterocycles. The van der Waals surface area contributed by atoms with E-state index in [9.17, 15) is 4.79 Å². The molecule has 0 bridgehead atoms. The third-order valence-electron chi connectivity index (χ3n) is 2.42. The molecule has 100 valence electrons. The van der Waals surface area contributed by atoms with Crippen molar-refractivity contribution in [3.8, 4) is 5.75 Å². The predicted molar refractivity (Wildman–Crippen MR) is 69.7 cm³/mol. The van der Waals surface area contributed by atoms with Gasteiger partial charge in [0.15, 0.2) is 6.61 Å². The van der Waals surface area contributed by atoms with Crippen molar-refractivity contribution in [1.29, 1.82) is 0 Å². The van der Waals surface area contributed by atoms with Gasteiger partial charge in [-0.15, -0.1) is 0 Å². The molecule has 0 radical (unpaired) electrons. The zero-order valence-corrected chi connectivity index (χ0v) is 10.6. The molecule has 0 aliphatic heterocycles. The van der Waals surface area contributed by atoms with Gasteiger partial charge in [-0.2, -0.15) is 0 Å². The first kappa shape index (κ1) is 13.1. The van der Waals surface area contributed by atoms with Crippen molar-refractivity contribution in [2.45, 2.75) is 13.5 Å². The lowest BCUT2D eigenvalue weighted by Crippen LogP contribution is -2.19. The average molecular weight is 261 g/mol. The third-order valence-corrected chi connectivity index (χ3v) is 2.42. The fraction of sp³-hybridized carbons (Fsp3) is 0.231. The summed E-state index contributed by atoms with van der Waals surface area (Å²) in [5.74, 6) is 0.615. The molecule has 0 fully saturated rings. The van der Waals surface area contributed by atoms with Crippen LogP contribution in [0.15, 0.2) is 34.9 Å². The molecule has 0 aliphatic carbocycles. The van der Waals surface area contributed by atoms with E-state index in [1.54, 1.807) is 25.1 Å². The van der Waals surface area contributed by atoms with Crippen LogP contribution in [0, 0.1) is 6.92 Å². The van der Waals surface area contributed by atoms with E-state index in [1.165, 1.54) is 0 Å². The quantitative estimate of drug-likeness (QED) is 0.850. The van der Waals surface area contributed by atoms with Crippen LogP contribution in [0.4, 0.5) is 5.88 Å². The Morgan fingerprint density at radius 3 is 2.74 bits per heavy atom. The molecule has 0 atom stereocenters. The number of hydrogen-bond acceptors (Lipinski definition) is 5. The van der Waals surface area contributed by atoms with Crippen LogP contribution < -0.4 is 15.8 Å². The van der Waals surface area contributed by atoms with E-state index in [-0.39, 0.29) is 12.5 Å². The number of anilines is 1. The van der Waals surface area contributed by atoms with Crippen molar-refractivity contribution in [2.75, 3.05) is 11.9 Å². The molecule has 1 aromatic carbocycles. The van der Waals surface area contributed by atoms with Crippen molar-refractivity contribution >= 4 is 11.8 Å². The SMILES string of the molecule is Cc1cc(NC(=O)COc2ccc(CN)cc2)on1. The number of hydrogen-bond donors (Lipinski definition) is 2. The highest BCUT2D eigenvalue weighted by Crippen LogP contribution is 2.12. The van der Waals surface area contributed by atoms with Gasteiger partial charge in [0.2, 0.25) is 5.88 Å². The molecule has 0 saturated heterocycles. The maximum atomic E-state index is 11.6. The van der Waals surface area contributed by atoms with Crippen LogP contribution in [-0.4, -0.2) is 17.7 Å². The van der Waals surface area contributed by atoms with Gasteiger partial charge in [0.1, 0.15) is 5.75 Å². The largest absolute Gasteiger partial charge is 0.484 e. The van der Waals surface area contributed by atoms with Crippen LogP contribution in [-0.2, 0) is 11.3 Å². The van der Waals surface area contributed by atoms with E-state index in [0.717, 1.165) is 5.56 Å². The Balaban J connectivity index is 1.82. The Bertz CT molecular complexity index is 549. The lowest BCUT2D eigenvalue weighted by molar-refractivity contribution is -0.118. The van der Waals surface area contributed by atoms with Gasteiger partial charge >= 0.3 is 0 Å². The topological polar surface area (TPSA) is 90.4 Å². The first-order valence-electron chi connectivity index (χ1n) is 5.82. The number of nitrogens with zero attached hydrogens (tertiary/aromatic N) is 1. The van der Waals surface area contributed by atoms with E-state index >= 15 is 0 Å². The zero-order valence-electron chi connectivity index (χ0n) is 10.6. The van der Waals surface area contributed by atoms with Crippen molar-refractivity contribution < 1.29 is 14.1 Å². The van der Waals surface area contributed by atoms with E-state index in [1.807, 2.05) is 12.1 Å². The fourth-order valence-electron chi connectivity index (χ4n) is 1.47. The lowest BCUT2D eigenvalue weighted by Gasteiger charge is -2.06. The molecule has 6 nitrogen and oxygen atoms in total. The maximum absolute atomic E-state index is 11.6. The monoisotopic (exact) mass is 261 g/mol. The first-order chi connectivity index (χ1) is 9.17. The molecule has 0 spiro atoms. The highest BCUT2D eigenvalue weighted by atomic mass is 16.5. The molecule has 3 N–H and O–H groups in total. The predicted octanol–water partition coefficient (Wildman–Crippen LogP) is 1.46. The van der Waals surface area contributed by atoms with Gasteiger partial charge < -0.3 is 15.0 Å². The van der Waals surface area contributed by atoms with Crippen LogP contribution in [0.5, 0.6) is 5.75 Å². The van der Waals surface area contributed by atoms with Gasteiger partial charge in [0, 0.05) is 12.6 Å². The second-order valence-electron chi connectivity index (χ2n) is 4.02. The van der Waals surface area contributed by atoms with Crippen LogP contribution in [0.3, 0.4) is 0 Å². The molecule has 0 unspecified atom stereocenters. The second kappa shape index (κ2) is 6.01. The molecule has 2 rings (SSSR count). The summed E-state index contributed by atoms with van der Waals surface area (Å²) in [5.41, 5.74) is 7.20. The summed E-state index contributed by atoms with van der Waals surface area (Å²) in [5, 5.41) is 6.21. The zero-order chi connectivity index (χ0) is 13.7. The molecule has 19 heavy (non-hydrogen) atoms. The molecule has 1 amide bonds. The summed E-state index contributed by atoms with van der Waals surface area (Å²) in [4.78, 5) is 11.6. The first-order valence-corrected chi connectivity index (χ1v) is 5.82. The Morgan fingerprint density at radius 2 is 2.16 bits per heavy atom. The molecular formula is C13H15N3O3. The normalized spacial score (nSPS) is 10.2. The van der Waals surface area contributed by atoms with Crippen molar-refractivity contribution in [1.82, 2.24) is 5.16 Å². The molecule has 0 saturated carbocycles. The molecular weight excluding hydrogens is 246 g/mol. The average Bonchev–Trinajstić information content (AvgIpc) is 2.82. The summed E-state index contributed by atoms with van der Waals surface area (Å²) in [6.07, 6.45) is 0. The minimum absolute atomic E-state index is 0.0955. The Kier molecular flexibility index (Phi) is 4.15. The van der Waals surface area contributed by atoms with Crippen LogP contribution in [0.25, 0.3) is 0 Å². The van der Waals surface area contributed by atoms with Crippen molar-refractivity contribution in [2.24, 2.45) is 5.73 Å². The Labute approximate surface area is 110 Å². The van der Waals surface area contributed by atoms with Gasteiger partial charge in [-0.25, -0.2) is 0 Å². The number of carbonyl (C=O) groups is 1. The summed E-state index contributed by atoms with van der Waals surface area (Å²) in [7, 11) is 0. The summed E-state index contributed by atoms with van der Waals surface area (Å²) >= 11 is 0. The van der Waals surface area contributed by atoms with Gasteiger partial charge in [-0.1, -0.05) is 17.3 Å². The van der Waals surface area contributed by atoms with Crippen LogP contribution in [0.1, 0.15) is 11.3 Å². The number of benzene rings is 1. The number of nitrogens with one attached hydrogen (secondary N) is 1. The van der Waals surface area contributed by atoms with Crippen LogP contribution >= 0.6 is 0 Å². The Hall–Kier alpha value is -2.34. The highest BCUT2D eigenvalue weighted by Gasteiger charge is 2.07. The van der Waals surface area contributed by atoms with Crippen LogP contribution in [0.2, 0.25) is 0 Å². The second-order valence-corrected chi connectivity index (χ2v) is 4.02. The van der Waals surface area contributed by atoms with Crippen molar-refractivity contribution in [3.63, 3.8) is 0 Å². The molecule has 6 heteroatoms. The maximum Gasteiger partial charge on any atom is 0.264 e. The molecule has 1 aromatic heterocycles. The number of amides is 1. The minimum Gasteiger partial charge on any atom is -0.484 e. The van der Waals surface area contributed by atoms with E-state index < -0.39 is 0 Å². The van der Waals surface area contributed by atoms with E-state index in [4.69, 9.17) is 15.0 Å². The standard InChI is InChI=1S/C13H15N3O3/c1-9-6-13(19-16-9)15-12(17)8-18-11-4-2-10(7-14)3-5-11/h2-6H,7-8,14H2,1H3,(H,15,17). The fourth-order valence-corrected chi connectivity index (χ4v) is 1.47. The number of aromatic nitrogens is 1. The minimum atomic E-state index is -0.306. The van der Waals surface area contributed by atoms with Gasteiger partial charge in [0.05, 0.1) is 5.69 Å². The van der Waals surface area contributed by atoms with E-state index in [0.29, 0.717) is 23.9 Å². The Morgan fingerprint density at radius 1 is 1.42 bits per heavy atom. The summed E-state index contributed by atoms with van der Waals surface area (Å²) in [6.45, 7) is 2.15. The highest BCUT2D eigenvalue weighted by molar-refractivity contribution is 5.90. The number of rotatable bonds is 5. The van der Waals surface area contributed by atoms with Crippen molar-refractivity contribution in [3.05, 3.63) is 41.6 Å². The smallest absolute Gasteiger partial charge is 0.264 e. The van der Waals surface area contributed by atoms with Gasteiger partial charge in [0.25, 0.3) is 5.91 Å². The summed E-state index contributed by atoms with van der Waals surface area (Å²) < 4.78 is 10.2. The van der Waals surface area contributed by atoms with Gasteiger partial charge in [-0.05, 0) is 24.6 Å². The number of aryl methyl sites for hydroxylation is 1.